The van der Waals surface area contributed by atoms with E-state index in [1.165, 1.54) is 0 Å². The second-order valence-electron chi connectivity index (χ2n) is 13.3. The Balaban J connectivity index is 0.00000160. The molecule has 9 nitrogen and oxygen atoms in total. The number of ether oxygens (including phenoxy) is 2. The summed E-state index contributed by atoms with van der Waals surface area (Å²) in [5.41, 5.74) is 1.43. The van der Waals surface area contributed by atoms with E-state index in [0.29, 0.717) is 66.9 Å². The molecule has 2 aromatic heterocycles. The van der Waals surface area contributed by atoms with Crippen molar-refractivity contribution in [1.82, 2.24) is 25.2 Å². The zero-order valence-electron chi connectivity index (χ0n) is 26.4. The van der Waals surface area contributed by atoms with Crippen LogP contribution >= 0.6 is 11.6 Å². The van der Waals surface area contributed by atoms with Crippen LogP contribution in [0.5, 0.6) is 6.01 Å². The summed E-state index contributed by atoms with van der Waals surface area (Å²) in [6.45, 7) is 10.1. The summed E-state index contributed by atoms with van der Waals surface area (Å²) in [4.78, 5) is 31.6. The Bertz CT molecular complexity index is 1610. The first kappa shape index (κ1) is 30.4. The fourth-order valence-corrected chi connectivity index (χ4v) is 8.36. The summed E-state index contributed by atoms with van der Waals surface area (Å²) in [5.74, 6) is 0.489. The first-order valence-electron chi connectivity index (χ1n) is 16.6. The number of nitrogens with zero attached hydrogens (tertiary/aromatic N) is 5. The number of benzene rings is 1. The summed E-state index contributed by atoms with van der Waals surface area (Å²) < 4.78 is 28.7. The molecular formula is C34H42ClFN6O3. The van der Waals surface area contributed by atoms with Gasteiger partial charge in [-0.15, -0.1) is 0 Å². The topological polar surface area (TPSA) is 92.7 Å². The van der Waals surface area contributed by atoms with E-state index in [2.05, 4.69) is 25.1 Å². The van der Waals surface area contributed by atoms with Crippen molar-refractivity contribution in [2.75, 3.05) is 44.3 Å². The normalized spacial score (nSPS) is 26.8. The molecule has 1 aliphatic carbocycles. The lowest BCUT2D eigenvalue weighted by Gasteiger charge is -2.31. The van der Waals surface area contributed by atoms with Crippen LogP contribution in [0.4, 0.5) is 15.0 Å². The van der Waals surface area contributed by atoms with Crippen molar-refractivity contribution in [1.29, 1.82) is 0 Å². The third kappa shape index (κ3) is 5.47. The zero-order valence-corrected chi connectivity index (χ0v) is 27.1. The van der Waals surface area contributed by atoms with E-state index in [-0.39, 0.29) is 28.7 Å². The maximum Gasteiger partial charge on any atom is 0.407 e. The number of carbonyl (C=O) groups is 1. The fourth-order valence-electron chi connectivity index (χ4n) is 8.04. The van der Waals surface area contributed by atoms with Crippen molar-refractivity contribution in [2.45, 2.75) is 82.7 Å². The van der Waals surface area contributed by atoms with Gasteiger partial charge in [0, 0.05) is 29.9 Å². The lowest BCUT2D eigenvalue weighted by atomic mass is 9.95. The maximum absolute atomic E-state index is 16.7. The highest BCUT2D eigenvalue weighted by Crippen LogP contribution is 2.54. The van der Waals surface area contributed by atoms with Gasteiger partial charge >= 0.3 is 12.1 Å². The van der Waals surface area contributed by atoms with Gasteiger partial charge < -0.3 is 19.7 Å². The third-order valence-corrected chi connectivity index (χ3v) is 10.8. The molecule has 3 atom stereocenters. The third-order valence-electron chi connectivity index (χ3n) is 10.4. The highest BCUT2D eigenvalue weighted by atomic mass is 35.5. The van der Waals surface area contributed by atoms with Gasteiger partial charge in [0.15, 0.2) is 5.82 Å². The molecule has 5 aliphatic heterocycles. The maximum atomic E-state index is 16.7. The van der Waals surface area contributed by atoms with Gasteiger partial charge in [-0.2, -0.15) is 9.97 Å². The number of hydrogen-bond acceptors (Lipinski definition) is 8. The molecule has 9 rings (SSSR count). The molecule has 240 valence electrons. The molecule has 1 aromatic carbocycles. The summed E-state index contributed by atoms with van der Waals surface area (Å²) in [6.07, 6.45) is 8.03. The smallest absolute Gasteiger partial charge is 0.407 e. The largest absolute Gasteiger partial charge is 0.461 e. The molecule has 11 heteroatoms. The number of rotatable bonds is 3. The van der Waals surface area contributed by atoms with E-state index in [1.54, 1.807) is 6.20 Å². The van der Waals surface area contributed by atoms with Crippen LogP contribution in [0.2, 0.25) is 5.02 Å². The Morgan fingerprint density at radius 1 is 1.16 bits per heavy atom. The molecule has 0 spiro atoms. The molecule has 6 aliphatic rings. The first-order valence-corrected chi connectivity index (χ1v) is 16.9. The van der Waals surface area contributed by atoms with E-state index in [1.807, 2.05) is 39.0 Å². The van der Waals surface area contributed by atoms with Crippen molar-refractivity contribution < 1.29 is 18.7 Å². The standard InChI is InChI=1S/C32H36ClFN6O3.C2H6/c1-31-10-13-39(17-31)28-22-16-35-26(20-5-2-6-23(33)24(20)21-15-19(21)7-14-42-30(41)38-31)25(34)27(22)36-29(37-28)43-18-32-8-3-11-40(32)12-4-9-32;1-2/h2,5-6,16,19,21H,3-4,7-15,17-18H2,1H3,(H,38,41);1-2H3/t19?,21?,31-;/m1./s1. The van der Waals surface area contributed by atoms with Crippen LogP contribution in [-0.2, 0) is 4.74 Å². The molecule has 3 aromatic rings. The molecular weight excluding hydrogens is 595 g/mol. The van der Waals surface area contributed by atoms with E-state index in [4.69, 9.17) is 26.1 Å². The predicted molar refractivity (Wildman–Crippen MR) is 173 cm³/mol. The molecule has 45 heavy (non-hydrogen) atoms. The van der Waals surface area contributed by atoms with Gasteiger partial charge in [0.25, 0.3) is 0 Å². The van der Waals surface area contributed by atoms with Crippen LogP contribution in [0, 0.1) is 11.7 Å². The SMILES string of the molecule is CC.C[C@@]12CCN(C1)c1nc(OCC34CCCN3CCC4)nc3c(F)c(ncc13)-c1cccc(Cl)c1C1CC1CCOC(=O)N2. The molecule has 3 saturated heterocycles. The summed E-state index contributed by atoms with van der Waals surface area (Å²) in [5, 5.41) is 4.18. The first-order chi connectivity index (χ1) is 21.8. The van der Waals surface area contributed by atoms with Crippen LogP contribution in [0.3, 0.4) is 0 Å². The van der Waals surface area contributed by atoms with Crippen LogP contribution in [0.15, 0.2) is 24.4 Å². The number of hydrogen-bond donors (Lipinski definition) is 1. The van der Waals surface area contributed by atoms with Gasteiger partial charge in [0.2, 0.25) is 0 Å². The molecule has 0 radical (unpaired) electrons. The minimum Gasteiger partial charge on any atom is -0.461 e. The average Bonchev–Trinajstić information content (AvgIpc) is 3.30. The van der Waals surface area contributed by atoms with E-state index >= 15 is 4.39 Å². The van der Waals surface area contributed by atoms with Gasteiger partial charge in [0.05, 0.1) is 23.1 Å². The van der Waals surface area contributed by atoms with Crippen molar-refractivity contribution in [3.8, 4) is 17.3 Å². The molecule has 2 unspecified atom stereocenters. The van der Waals surface area contributed by atoms with Gasteiger partial charge in [-0.1, -0.05) is 37.6 Å². The minimum atomic E-state index is -0.533. The number of halogens is 2. The van der Waals surface area contributed by atoms with E-state index in [0.717, 1.165) is 50.8 Å². The van der Waals surface area contributed by atoms with Crippen LogP contribution in [0.1, 0.15) is 77.2 Å². The van der Waals surface area contributed by atoms with Gasteiger partial charge in [-0.25, -0.2) is 9.18 Å². The number of anilines is 1. The van der Waals surface area contributed by atoms with Crippen molar-refractivity contribution in [3.63, 3.8) is 0 Å². The van der Waals surface area contributed by atoms with Crippen molar-refractivity contribution >= 4 is 34.4 Å². The molecule has 1 amide bonds. The second kappa shape index (κ2) is 11.8. The van der Waals surface area contributed by atoms with E-state index in [9.17, 15) is 4.79 Å². The summed E-state index contributed by atoms with van der Waals surface area (Å²) >= 11 is 6.74. The van der Waals surface area contributed by atoms with Gasteiger partial charge in [-0.3, -0.25) is 9.88 Å². The Labute approximate surface area is 268 Å². The fraction of sp³-hybridized carbons (Fsp3) is 0.588. The van der Waals surface area contributed by atoms with Gasteiger partial charge in [-0.05, 0) is 88.4 Å². The average molecular weight is 637 g/mol. The minimum absolute atomic E-state index is 0.000307. The highest BCUT2D eigenvalue weighted by Gasteiger charge is 2.45. The monoisotopic (exact) mass is 636 g/mol. The Morgan fingerprint density at radius 3 is 2.76 bits per heavy atom. The van der Waals surface area contributed by atoms with Crippen LogP contribution < -0.4 is 15.0 Å². The predicted octanol–water partition coefficient (Wildman–Crippen LogP) is 6.72. The molecule has 1 N–H and O–H groups in total. The molecule has 6 bridgehead atoms. The molecule has 7 heterocycles. The number of amides is 1. The van der Waals surface area contributed by atoms with Gasteiger partial charge in [0.1, 0.15) is 23.6 Å². The highest BCUT2D eigenvalue weighted by molar-refractivity contribution is 6.32. The number of nitrogens with one attached hydrogen (secondary N) is 1. The Hall–Kier alpha value is -3.24. The Kier molecular flexibility index (Phi) is 8.01. The van der Waals surface area contributed by atoms with Crippen LogP contribution in [-0.4, -0.2) is 76.4 Å². The number of carbonyl (C=O) groups excluding carboxylic acids is 1. The number of alkyl carbamates (subject to hydrolysis) is 1. The Morgan fingerprint density at radius 2 is 1.96 bits per heavy atom. The lowest BCUT2D eigenvalue weighted by molar-refractivity contribution is 0.108. The van der Waals surface area contributed by atoms with E-state index < -0.39 is 17.4 Å². The summed E-state index contributed by atoms with van der Waals surface area (Å²) in [6, 6.07) is 5.72. The van der Waals surface area contributed by atoms with Crippen LogP contribution in [0.25, 0.3) is 22.2 Å². The van der Waals surface area contributed by atoms with Crippen molar-refractivity contribution in [2.24, 2.45) is 5.92 Å². The molecule has 1 saturated carbocycles. The zero-order chi connectivity index (χ0) is 31.3. The number of aromatic nitrogens is 3. The lowest BCUT2D eigenvalue weighted by Crippen LogP contribution is -2.48. The number of fused-ring (bicyclic) bond motifs is 6. The summed E-state index contributed by atoms with van der Waals surface area (Å²) in [7, 11) is 0. The number of pyridine rings is 1. The van der Waals surface area contributed by atoms with Crippen molar-refractivity contribution in [3.05, 3.63) is 40.8 Å². The second-order valence-corrected chi connectivity index (χ2v) is 13.7. The molecule has 4 fully saturated rings. The quantitative estimate of drug-likeness (QED) is 0.339.